The summed E-state index contributed by atoms with van der Waals surface area (Å²) in [4.78, 5) is 24.3. The molecular weight excluding hydrogens is 356 g/mol. The van der Waals surface area contributed by atoms with Gasteiger partial charge in [0.25, 0.3) is 0 Å². The fourth-order valence-corrected chi connectivity index (χ4v) is 3.45. The Morgan fingerprint density at radius 1 is 1.31 bits per heavy atom. The molecule has 0 spiro atoms. The Hall–Kier alpha value is -2.11. The highest BCUT2D eigenvalue weighted by molar-refractivity contribution is 6.30. The number of rotatable bonds is 6. The van der Waals surface area contributed by atoms with Crippen molar-refractivity contribution in [3.05, 3.63) is 53.8 Å². The Kier molecular flexibility index (Phi) is 6.12. The zero-order valence-corrected chi connectivity index (χ0v) is 15.1. The quantitative estimate of drug-likeness (QED) is 0.561. The molecule has 3 unspecified atom stereocenters. The van der Waals surface area contributed by atoms with Crippen LogP contribution < -0.4 is 0 Å². The van der Waals surface area contributed by atoms with Gasteiger partial charge in [-0.2, -0.15) is 0 Å². The molecule has 3 rings (SSSR count). The Morgan fingerprint density at radius 3 is 2.81 bits per heavy atom. The number of fused-ring (bicyclic) bond motifs is 1. The van der Waals surface area contributed by atoms with Gasteiger partial charge in [0.05, 0.1) is 23.9 Å². The van der Waals surface area contributed by atoms with E-state index in [1.165, 1.54) is 12.3 Å². The van der Waals surface area contributed by atoms with E-state index in [0.29, 0.717) is 29.9 Å². The normalized spacial score (nSPS) is 24.9. The lowest BCUT2D eigenvalue weighted by Crippen LogP contribution is -2.41. The molecule has 1 aromatic carbocycles. The van der Waals surface area contributed by atoms with Crippen LogP contribution in [0.15, 0.2) is 43.2 Å². The number of carbonyl (C=O) groups excluding carboxylic acids is 2. The summed E-state index contributed by atoms with van der Waals surface area (Å²) in [6, 6.07) is 7.15. The van der Waals surface area contributed by atoms with Gasteiger partial charge in [-0.1, -0.05) is 36.4 Å². The Balaban J connectivity index is 1.58. The monoisotopic (exact) mass is 376 g/mol. The molecule has 0 bridgehead atoms. The minimum atomic E-state index is -0.419. The van der Waals surface area contributed by atoms with E-state index in [-0.39, 0.29) is 37.1 Å². The third kappa shape index (κ3) is 4.34. The molecule has 138 valence electrons. The van der Waals surface area contributed by atoms with Crippen molar-refractivity contribution >= 4 is 28.9 Å². The van der Waals surface area contributed by atoms with Crippen molar-refractivity contribution in [2.24, 2.45) is 5.92 Å². The molecule has 2 aliphatic rings. The second-order valence-corrected chi connectivity index (χ2v) is 6.84. The molecule has 0 N–H and O–H groups in total. The van der Waals surface area contributed by atoms with Gasteiger partial charge in [0.1, 0.15) is 19.3 Å². The van der Waals surface area contributed by atoms with Gasteiger partial charge in [0, 0.05) is 11.4 Å². The minimum absolute atomic E-state index is 0.0902. The third-order valence-electron chi connectivity index (χ3n) is 4.66. The number of hydrogen-bond acceptors (Lipinski definition) is 5. The number of benzene rings is 1. The molecule has 26 heavy (non-hydrogen) atoms. The molecule has 0 saturated heterocycles. The van der Waals surface area contributed by atoms with Crippen molar-refractivity contribution in [3.63, 3.8) is 0 Å². The van der Waals surface area contributed by atoms with Crippen LogP contribution in [0.2, 0.25) is 5.02 Å². The van der Waals surface area contributed by atoms with E-state index in [4.69, 9.17) is 25.8 Å². The van der Waals surface area contributed by atoms with E-state index in [1.54, 1.807) is 12.1 Å². The summed E-state index contributed by atoms with van der Waals surface area (Å²) >= 11 is 5.91. The number of carbonyl (C=O) groups is 2. The zero-order chi connectivity index (χ0) is 18.5. The second-order valence-electron chi connectivity index (χ2n) is 6.40. The molecule has 6 heteroatoms. The van der Waals surface area contributed by atoms with E-state index < -0.39 is 5.97 Å². The summed E-state index contributed by atoms with van der Waals surface area (Å²) in [7, 11) is 0. The van der Waals surface area contributed by atoms with Crippen LogP contribution in [0, 0.1) is 5.92 Å². The molecule has 0 amide bonds. The van der Waals surface area contributed by atoms with Crippen LogP contribution in [0.1, 0.15) is 24.8 Å². The maximum Gasteiger partial charge on any atom is 0.332 e. The third-order valence-corrected chi connectivity index (χ3v) is 4.91. The molecule has 1 aliphatic heterocycles. The Bertz CT molecular complexity index is 709. The van der Waals surface area contributed by atoms with Gasteiger partial charge in [-0.05, 0) is 30.5 Å². The molecule has 5 nitrogen and oxygen atoms in total. The van der Waals surface area contributed by atoms with Crippen LogP contribution in [0.5, 0.6) is 0 Å². The average Bonchev–Trinajstić information content (AvgIpc) is 2.66. The Labute approximate surface area is 157 Å². The van der Waals surface area contributed by atoms with Crippen molar-refractivity contribution in [2.75, 3.05) is 13.2 Å². The number of allylic oxidation sites excluding steroid dienone is 1. The summed E-state index contributed by atoms with van der Waals surface area (Å²) in [5.41, 5.74) is 1.39. The summed E-state index contributed by atoms with van der Waals surface area (Å²) in [6.45, 7) is 3.56. The van der Waals surface area contributed by atoms with E-state index in [0.717, 1.165) is 5.56 Å². The Morgan fingerprint density at radius 2 is 2.08 bits per heavy atom. The number of halogens is 1. The van der Waals surface area contributed by atoms with Crippen LogP contribution in [0.4, 0.5) is 0 Å². The molecule has 0 radical (unpaired) electrons. The molecule has 3 atom stereocenters. The number of hydrogen-bond donors (Lipinski definition) is 0. The SMILES string of the molecule is C=CCOC(=O)COC1CCC2C(=O)C(c3ccc(Cl)cc3)=COC2C1. The van der Waals surface area contributed by atoms with Crippen molar-refractivity contribution in [3.8, 4) is 0 Å². The van der Waals surface area contributed by atoms with Gasteiger partial charge in [0.2, 0.25) is 0 Å². The molecule has 0 aromatic heterocycles. The van der Waals surface area contributed by atoms with Crippen LogP contribution in [-0.4, -0.2) is 37.2 Å². The lowest BCUT2D eigenvalue weighted by molar-refractivity contribution is -0.153. The minimum Gasteiger partial charge on any atom is -0.496 e. The van der Waals surface area contributed by atoms with E-state index in [9.17, 15) is 9.59 Å². The van der Waals surface area contributed by atoms with Crippen LogP contribution in [0.25, 0.3) is 5.57 Å². The first kappa shape index (κ1) is 18.7. The van der Waals surface area contributed by atoms with Crippen molar-refractivity contribution in [1.82, 2.24) is 0 Å². The van der Waals surface area contributed by atoms with Crippen molar-refractivity contribution in [1.29, 1.82) is 0 Å². The predicted octanol–water partition coefficient (Wildman–Crippen LogP) is 3.56. The first-order valence-electron chi connectivity index (χ1n) is 8.62. The van der Waals surface area contributed by atoms with Crippen molar-refractivity contribution in [2.45, 2.75) is 31.5 Å². The van der Waals surface area contributed by atoms with Crippen molar-refractivity contribution < 1.29 is 23.8 Å². The molecule has 1 aliphatic carbocycles. The smallest absolute Gasteiger partial charge is 0.332 e. The van der Waals surface area contributed by atoms with Gasteiger partial charge in [-0.3, -0.25) is 4.79 Å². The highest BCUT2D eigenvalue weighted by atomic mass is 35.5. The van der Waals surface area contributed by atoms with Crippen LogP contribution in [0.3, 0.4) is 0 Å². The molecule has 1 aromatic rings. The summed E-state index contributed by atoms with van der Waals surface area (Å²) in [6.07, 6.45) is 4.66. The summed E-state index contributed by atoms with van der Waals surface area (Å²) < 4.78 is 16.3. The van der Waals surface area contributed by atoms with Gasteiger partial charge >= 0.3 is 5.97 Å². The fourth-order valence-electron chi connectivity index (χ4n) is 3.33. The number of esters is 1. The van der Waals surface area contributed by atoms with Gasteiger partial charge in [-0.25, -0.2) is 4.79 Å². The van der Waals surface area contributed by atoms with Gasteiger partial charge < -0.3 is 14.2 Å². The largest absolute Gasteiger partial charge is 0.496 e. The van der Waals surface area contributed by atoms with E-state index in [1.807, 2.05) is 12.1 Å². The average molecular weight is 377 g/mol. The lowest BCUT2D eigenvalue weighted by atomic mass is 9.78. The number of ether oxygens (including phenoxy) is 3. The first-order valence-corrected chi connectivity index (χ1v) is 9.00. The zero-order valence-electron chi connectivity index (χ0n) is 14.4. The van der Waals surface area contributed by atoms with Gasteiger partial charge in [-0.15, -0.1) is 0 Å². The molecule has 1 heterocycles. The highest BCUT2D eigenvalue weighted by Crippen LogP contribution is 2.37. The van der Waals surface area contributed by atoms with E-state index >= 15 is 0 Å². The fraction of sp³-hybridized carbons (Fsp3) is 0.400. The lowest BCUT2D eigenvalue weighted by Gasteiger charge is -2.37. The van der Waals surface area contributed by atoms with Crippen LogP contribution >= 0.6 is 11.6 Å². The molecular formula is C20H21ClO5. The predicted molar refractivity (Wildman–Crippen MR) is 97.5 cm³/mol. The standard InChI is InChI=1S/C20H21ClO5/c1-2-9-24-19(22)12-25-15-7-8-16-18(10-15)26-11-17(20(16)23)13-3-5-14(21)6-4-13/h2-6,11,15-16,18H,1,7-10,12H2. The first-order chi connectivity index (χ1) is 12.6. The van der Waals surface area contributed by atoms with E-state index in [2.05, 4.69) is 6.58 Å². The summed E-state index contributed by atoms with van der Waals surface area (Å²) in [5.74, 6) is -0.511. The summed E-state index contributed by atoms with van der Waals surface area (Å²) in [5, 5.41) is 0.626. The highest BCUT2D eigenvalue weighted by Gasteiger charge is 2.40. The molecule has 1 fully saturated rings. The molecule has 1 saturated carbocycles. The number of ketones is 1. The maximum absolute atomic E-state index is 12.8. The maximum atomic E-state index is 12.8. The van der Waals surface area contributed by atoms with Crippen LogP contribution in [-0.2, 0) is 23.8 Å². The number of Topliss-reactive ketones (excluding diaryl/α,β-unsaturated/α-hetero) is 1. The second kappa shape index (κ2) is 8.52. The van der Waals surface area contributed by atoms with Gasteiger partial charge in [0.15, 0.2) is 5.78 Å². The topological polar surface area (TPSA) is 61.8 Å².